The first kappa shape index (κ1) is 46.5. The molecule has 16 heteroatoms. The lowest BCUT2D eigenvalue weighted by Gasteiger charge is -2.12. The number of rotatable bonds is 0. The minimum atomic E-state index is -4.09. The third kappa shape index (κ3) is 10.7. The fraction of sp³-hybridized carbons (Fsp3) is 0.0769. The number of sulfonamides is 4. The fourth-order valence-electron chi connectivity index (χ4n) is 7.68. The van der Waals surface area contributed by atoms with Crippen LogP contribution in [0.2, 0.25) is 0 Å². The maximum Gasteiger partial charge on any atom is 0.240 e. The van der Waals surface area contributed by atoms with Crippen molar-refractivity contribution in [2.24, 2.45) is 0 Å². The van der Waals surface area contributed by atoms with E-state index in [1.54, 1.807) is 0 Å². The Hall–Kier alpha value is -6.60. The average Bonchev–Trinajstić information content (AvgIpc) is 3.37. The van der Waals surface area contributed by atoms with Crippen molar-refractivity contribution in [2.45, 2.75) is 45.8 Å². The Morgan fingerprint density at radius 1 is 0.235 bits per heavy atom. The summed E-state index contributed by atoms with van der Waals surface area (Å²) in [4.78, 5) is -0.747. The molecular weight excluding hydrogens is 937 g/mol. The van der Waals surface area contributed by atoms with Gasteiger partial charge in [0.2, 0.25) is 40.1 Å². The summed E-state index contributed by atoms with van der Waals surface area (Å²) < 4.78 is 118. The van der Waals surface area contributed by atoms with Crippen LogP contribution < -0.4 is 18.9 Å². The molecule has 7 heterocycles. The van der Waals surface area contributed by atoms with Crippen LogP contribution in [-0.4, -0.2) is 33.7 Å². The van der Waals surface area contributed by atoms with Gasteiger partial charge in [0.25, 0.3) is 0 Å². The quantitative estimate of drug-likeness (QED) is 0.116. The van der Waals surface area contributed by atoms with Gasteiger partial charge in [-0.2, -0.15) is 0 Å². The summed E-state index contributed by atoms with van der Waals surface area (Å²) >= 11 is 0. The highest BCUT2D eigenvalue weighted by Crippen LogP contribution is 2.30. The van der Waals surface area contributed by atoms with Crippen molar-refractivity contribution >= 4 is 40.1 Å². The summed E-state index contributed by atoms with van der Waals surface area (Å²) in [5.41, 5.74) is 10.0. The highest BCUT2D eigenvalue weighted by Gasteiger charge is 2.22. The number of hydrogen-bond donors (Lipinski definition) is 4. The Balaban J connectivity index is 0.984. The fourth-order valence-corrected chi connectivity index (χ4v) is 12.1. The zero-order chi connectivity index (χ0) is 47.5. The van der Waals surface area contributed by atoms with E-state index in [2.05, 4.69) is 18.9 Å². The zero-order valence-electron chi connectivity index (χ0n) is 36.2. The van der Waals surface area contributed by atoms with E-state index in [9.17, 15) is 33.7 Å². The Labute approximate surface area is 397 Å². The highest BCUT2D eigenvalue weighted by molar-refractivity contribution is 7.90. The van der Waals surface area contributed by atoms with Gasteiger partial charge in [0.05, 0.1) is 19.6 Å². The van der Waals surface area contributed by atoms with Gasteiger partial charge in [-0.05, 0) is 115 Å². The van der Waals surface area contributed by atoms with Crippen LogP contribution in [0.1, 0.15) is 22.3 Å². The van der Waals surface area contributed by atoms with E-state index in [0.29, 0.717) is 22.3 Å². The van der Waals surface area contributed by atoms with Crippen LogP contribution in [0.15, 0.2) is 214 Å². The lowest BCUT2D eigenvalue weighted by molar-refractivity contribution is 0.575. The molecule has 0 aromatic heterocycles. The molecule has 12 nitrogen and oxygen atoms in total. The van der Waals surface area contributed by atoms with Crippen LogP contribution in [0.4, 0.5) is 0 Å². The summed E-state index contributed by atoms with van der Waals surface area (Å²) in [6, 6.07) is 55.8. The molecule has 7 aliphatic rings. The highest BCUT2D eigenvalue weighted by atomic mass is 32.2. The van der Waals surface area contributed by atoms with Crippen LogP contribution in [0.3, 0.4) is 0 Å². The molecule has 0 unspecified atom stereocenters. The van der Waals surface area contributed by atoms with Gasteiger partial charge in [-0.3, -0.25) is 0 Å². The Morgan fingerprint density at radius 2 is 0.441 bits per heavy atom. The standard InChI is InChI=1S/C52H44N4O8S4/c57-65(58)49-9-3-11-51(31-49)67(61,62)55-35-39-17-25-43(26-18-39)47-7-2-8-48(30-47)44-27-19-40(20-28-44)36-56-68(63,64)52-12-4-10-50(32-52)66(59,60)54-34-38-15-23-42(24-16-38)46-6-1-5-45(29-46)41-21-13-37(14-22-41)33-53-65/h1-32,53-56H,33-36H2. The maximum absolute atomic E-state index is 13.4. The number of hydrogen-bond acceptors (Lipinski definition) is 8. The van der Waals surface area contributed by atoms with Gasteiger partial charge in [0.15, 0.2) is 0 Å². The second-order valence-corrected chi connectivity index (χ2v) is 23.3. The van der Waals surface area contributed by atoms with E-state index in [4.69, 9.17) is 0 Å². The molecule has 0 radical (unpaired) electrons. The molecule has 0 aliphatic carbocycles. The summed E-state index contributed by atoms with van der Waals surface area (Å²) in [5.74, 6) is 0. The molecule has 4 N–H and O–H groups in total. The maximum atomic E-state index is 13.4. The molecule has 0 spiro atoms. The third-order valence-corrected chi connectivity index (χ3v) is 17.2. The molecule has 8 aromatic carbocycles. The van der Waals surface area contributed by atoms with Crippen molar-refractivity contribution in [3.63, 3.8) is 0 Å². The van der Waals surface area contributed by atoms with E-state index in [1.165, 1.54) is 36.4 Å². The minimum absolute atomic E-state index is 0.0282. The van der Waals surface area contributed by atoms with Crippen molar-refractivity contribution in [2.75, 3.05) is 0 Å². The first-order chi connectivity index (χ1) is 32.6. The van der Waals surface area contributed by atoms with Crippen molar-refractivity contribution < 1.29 is 33.7 Å². The van der Waals surface area contributed by atoms with Crippen LogP contribution in [0.5, 0.6) is 0 Å². The summed E-state index contributed by atoms with van der Waals surface area (Å²) in [7, 11) is -16.4. The van der Waals surface area contributed by atoms with E-state index >= 15 is 0 Å². The van der Waals surface area contributed by atoms with Crippen LogP contribution in [-0.2, 0) is 66.3 Å². The normalized spacial score (nSPS) is 16.7. The molecule has 68 heavy (non-hydrogen) atoms. The molecule has 7 aliphatic heterocycles. The first-order valence-corrected chi connectivity index (χ1v) is 27.3. The molecule has 0 amide bonds. The molecule has 0 saturated heterocycles. The van der Waals surface area contributed by atoms with Crippen LogP contribution >= 0.6 is 0 Å². The summed E-state index contributed by atoms with van der Waals surface area (Å²) in [6.45, 7) is -0.113. The van der Waals surface area contributed by atoms with E-state index in [1.807, 2.05) is 146 Å². The molecular formula is C52H44N4O8S4. The van der Waals surface area contributed by atoms with E-state index < -0.39 is 40.1 Å². The first-order valence-electron chi connectivity index (χ1n) is 21.4. The largest absolute Gasteiger partial charge is 0.240 e. The zero-order valence-corrected chi connectivity index (χ0v) is 39.5. The molecule has 15 rings (SSSR count). The summed E-state index contributed by atoms with van der Waals surface area (Å²) in [5, 5.41) is 0. The Kier molecular flexibility index (Phi) is 13.1. The van der Waals surface area contributed by atoms with Crippen LogP contribution in [0.25, 0.3) is 44.5 Å². The van der Waals surface area contributed by atoms with E-state index in [-0.39, 0.29) is 45.8 Å². The molecule has 8 aromatic rings. The topological polar surface area (TPSA) is 185 Å². The molecule has 0 fully saturated rings. The second-order valence-electron chi connectivity index (χ2n) is 16.2. The van der Waals surface area contributed by atoms with Gasteiger partial charge < -0.3 is 0 Å². The van der Waals surface area contributed by atoms with Crippen molar-refractivity contribution in [1.29, 1.82) is 0 Å². The van der Waals surface area contributed by atoms with Crippen molar-refractivity contribution in [3.8, 4) is 44.5 Å². The molecule has 0 atom stereocenters. The second kappa shape index (κ2) is 19.2. The van der Waals surface area contributed by atoms with Crippen molar-refractivity contribution in [3.05, 3.63) is 216 Å². The average molecular weight is 981 g/mol. The minimum Gasteiger partial charge on any atom is -0.207 e. The lowest BCUT2D eigenvalue weighted by Crippen LogP contribution is -2.25. The van der Waals surface area contributed by atoms with Gasteiger partial charge in [-0.1, -0.05) is 146 Å². The lowest BCUT2D eigenvalue weighted by atomic mass is 9.98. The Morgan fingerprint density at radius 3 is 0.662 bits per heavy atom. The molecule has 0 saturated carbocycles. The smallest absolute Gasteiger partial charge is 0.207 e. The summed E-state index contributed by atoms with van der Waals surface area (Å²) in [6.07, 6.45) is 0. The van der Waals surface area contributed by atoms with Gasteiger partial charge in [0.1, 0.15) is 0 Å². The van der Waals surface area contributed by atoms with Gasteiger partial charge in [-0.15, -0.1) is 0 Å². The van der Waals surface area contributed by atoms with Crippen molar-refractivity contribution in [1.82, 2.24) is 18.9 Å². The molecule has 16 bridgehead atoms. The third-order valence-electron chi connectivity index (χ3n) is 11.6. The van der Waals surface area contributed by atoms with Gasteiger partial charge in [0, 0.05) is 26.2 Å². The predicted octanol–water partition coefficient (Wildman–Crippen LogP) is 8.58. The SMILES string of the molecule is O=S1(=O)NCc2ccc(cc2)-c2cccc(c2)-c2ccc(cc2)CNS(=O)(=O)c2cccc(c2)S(=O)(=O)NCc2ccc(cc2)-c2cccc(c2)-c2ccc(cc2)CNS(=O)(=O)c2cccc1c2. The number of benzene rings is 8. The monoisotopic (exact) mass is 980 g/mol. The van der Waals surface area contributed by atoms with Crippen LogP contribution in [0, 0.1) is 0 Å². The number of nitrogens with one attached hydrogen (secondary N) is 4. The Bertz CT molecular complexity index is 3140. The molecule has 344 valence electrons. The van der Waals surface area contributed by atoms with Gasteiger partial charge >= 0.3 is 0 Å². The predicted molar refractivity (Wildman–Crippen MR) is 264 cm³/mol. The van der Waals surface area contributed by atoms with Gasteiger partial charge in [-0.25, -0.2) is 52.6 Å². The van der Waals surface area contributed by atoms with E-state index in [0.717, 1.165) is 56.6 Å².